The van der Waals surface area contributed by atoms with Gasteiger partial charge in [0.25, 0.3) is 0 Å². The molecule has 1 N–H and O–H groups in total. The van der Waals surface area contributed by atoms with E-state index in [0.29, 0.717) is 37.6 Å². The molecule has 1 fully saturated rings. The molecular weight excluding hydrogens is 362 g/mol. The number of nitrogens with zero attached hydrogens (tertiary/aromatic N) is 2. The molecule has 152 valence electrons. The van der Waals surface area contributed by atoms with Crippen LogP contribution in [0.15, 0.2) is 4.90 Å². The summed E-state index contributed by atoms with van der Waals surface area (Å²) < 4.78 is 28.3. The minimum Gasteiger partial charge on any atom is -0.355 e. The van der Waals surface area contributed by atoms with Crippen LogP contribution in [-0.2, 0) is 14.8 Å². The van der Waals surface area contributed by atoms with Gasteiger partial charge in [0.05, 0.1) is 10.9 Å². The Morgan fingerprint density at radius 1 is 0.926 bits per heavy atom. The van der Waals surface area contributed by atoms with Gasteiger partial charge in [0, 0.05) is 32.7 Å². The number of piperazine rings is 1. The third-order valence-electron chi connectivity index (χ3n) is 6.08. The number of amides is 1. The number of likely N-dealkylation sites (N-methyl/N-ethyl adjacent to an activating group) is 1. The fourth-order valence-electron chi connectivity index (χ4n) is 3.80. The van der Waals surface area contributed by atoms with Gasteiger partial charge in [-0.1, -0.05) is 0 Å². The zero-order valence-corrected chi connectivity index (χ0v) is 18.5. The molecule has 1 atom stereocenters. The van der Waals surface area contributed by atoms with Crippen LogP contribution in [0, 0.1) is 34.6 Å². The van der Waals surface area contributed by atoms with Crippen LogP contribution in [0.5, 0.6) is 0 Å². The Kier molecular flexibility index (Phi) is 6.71. The summed E-state index contributed by atoms with van der Waals surface area (Å²) in [4.78, 5) is 14.5. The molecule has 7 heteroatoms. The van der Waals surface area contributed by atoms with Gasteiger partial charge in [-0.25, -0.2) is 8.42 Å². The average molecular weight is 396 g/mol. The maximum Gasteiger partial charge on any atom is 0.243 e. The van der Waals surface area contributed by atoms with Crippen LogP contribution in [0.3, 0.4) is 0 Å². The maximum absolute atomic E-state index is 13.4. The number of nitrogens with one attached hydrogen (secondary N) is 1. The first-order valence-electron chi connectivity index (χ1n) is 9.62. The van der Waals surface area contributed by atoms with E-state index in [1.165, 1.54) is 0 Å². The first-order valence-corrected chi connectivity index (χ1v) is 11.1. The smallest absolute Gasteiger partial charge is 0.243 e. The molecule has 1 heterocycles. The lowest BCUT2D eigenvalue weighted by Crippen LogP contribution is -2.55. The fourth-order valence-corrected chi connectivity index (χ4v) is 5.78. The number of carbonyl (C=O) groups is 1. The van der Waals surface area contributed by atoms with E-state index in [1.807, 2.05) is 53.4 Å². The van der Waals surface area contributed by atoms with E-state index in [1.54, 1.807) is 4.31 Å². The molecule has 0 saturated carbocycles. The van der Waals surface area contributed by atoms with Crippen LogP contribution in [0.1, 0.15) is 41.7 Å². The first kappa shape index (κ1) is 21.9. The lowest BCUT2D eigenvalue weighted by Gasteiger charge is -2.37. The van der Waals surface area contributed by atoms with Crippen molar-refractivity contribution in [1.29, 1.82) is 0 Å². The van der Waals surface area contributed by atoms with Crippen LogP contribution >= 0.6 is 0 Å². The Hall–Kier alpha value is -1.44. The van der Waals surface area contributed by atoms with Crippen molar-refractivity contribution < 1.29 is 13.2 Å². The highest BCUT2D eigenvalue weighted by Gasteiger charge is 2.34. The number of carbonyl (C=O) groups excluding carboxylic acids is 1. The van der Waals surface area contributed by atoms with Crippen LogP contribution < -0.4 is 5.32 Å². The van der Waals surface area contributed by atoms with E-state index in [4.69, 9.17) is 0 Å². The lowest BCUT2D eigenvalue weighted by atomic mass is 9.95. The molecule has 0 aromatic heterocycles. The molecule has 27 heavy (non-hydrogen) atoms. The third kappa shape index (κ3) is 4.05. The van der Waals surface area contributed by atoms with Gasteiger partial charge in [-0.05, 0) is 76.3 Å². The molecule has 1 amide bonds. The number of benzene rings is 1. The van der Waals surface area contributed by atoms with E-state index < -0.39 is 10.0 Å². The third-order valence-corrected chi connectivity index (χ3v) is 8.25. The van der Waals surface area contributed by atoms with Crippen molar-refractivity contribution in [3.8, 4) is 0 Å². The fraction of sp³-hybridized carbons (Fsp3) is 0.650. The Labute approximate surface area is 164 Å². The Balaban J connectivity index is 2.25. The topological polar surface area (TPSA) is 69.7 Å². The Bertz CT molecular complexity index is 796. The maximum atomic E-state index is 13.4. The Morgan fingerprint density at radius 2 is 1.37 bits per heavy atom. The van der Waals surface area contributed by atoms with Crippen LogP contribution in [0.25, 0.3) is 0 Å². The van der Waals surface area contributed by atoms with Crippen LogP contribution in [0.2, 0.25) is 0 Å². The molecule has 0 spiro atoms. The molecule has 0 unspecified atom stereocenters. The largest absolute Gasteiger partial charge is 0.355 e. The van der Waals surface area contributed by atoms with Gasteiger partial charge in [-0.15, -0.1) is 0 Å². The van der Waals surface area contributed by atoms with E-state index in [2.05, 4.69) is 5.32 Å². The molecule has 1 aliphatic rings. The SMILES string of the molecule is CCNC(=O)[C@H](C)N1CCN(S(=O)(=O)c2c(C)c(C)c(C)c(C)c2C)CC1. The van der Waals surface area contributed by atoms with Gasteiger partial charge in [0.15, 0.2) is 0 Å². The molecule has 6 nitrogen and oxygen atoms in total. The van der Waals surface area contributed by atoms with Gasteiger partial charge in [0.1, 0.15) is 0 Å². The van der Waals surface area contributed by atoms with E-state index in [0.717, 1.165) is 27.8 Å². The van der Waals surface area contributed by atoms with E-state index in [-0.39, 0.29) is 11.9 Å². The Morgan fingerprint density at radius 3 is 1.81 bits per heavy atom. The summed E-state index contributed by atoms with van der Waals surface area (Å²) in [6.45, 7) is 16.1. The standard InChI is InChI=1S/C20H33N3O3S/c1-8-21-20(24)18(7)22-9-11-23(12-10-22)27(25,26)19-16(5)14(3)13(2)15(4)17(19)6/h18H,8-12H2,1-7H3,(H,21,24)/t18-/m0/s1. The number of rotatable bonds is 5. The molecule has 1 aliphatic heterocycles. The van der Waals surface area contributed by atoms with Gasteiger partial charge < -0.3 is 5.32 Å². The highest BCUT2D eigenvalue weighted by molar-refractivity contribution is 7.89. The number of sulfonamides is 1. The summed E-state index contributed by atoms with van der Waals surface area (Å²) in [6, 6.07) is -0.248. The number of hydrogen-bond donors (Lipinski definition) is 1. The van der Waals surface area contributed by atoms with E-state index in [9.17, 15) is 13.2 Å². The molecule has 1 aromatic rings. The van der Waals surface area contributed by atoms with Crippen molar-refractivity contribution in [2.45, 2.75) is 59.4 Å². The zero-order valence-electron chi connectivity index (χ0n) is 17.6. The summed E-state index contributed by atoms with van der Waals surface area (Å²) in [5.74, 6) is -0.00900. The lowest BCUT2D eigenvalue weighted by molar-refractivity contribution is -0.126. The van der Waals surface area contributed by atoms with Crippen molar-refractivity contribution in [3.63, 3.8) is 0 Å². The molecule has 2 rings (SSSR count). The predicted octanol–water partition coefficient (Wildman–Crippen LogP) is 2.06. The molecule has 1 aromatic carbocycles. The monoisotopic (exact) mass is 395 g/mol. The van der Waals surface area contributed by atoms with Gasteiger partial charge in [-0.2, -0.15) is 4.31 Å². The van der Waals surface area contributed by atoms with Crippen molar-refractivity contribution in [2.24, 2.45) is 0 Å². The quantitative estimate of drug-likeness (QED) is 0.829. The van der Waals surface area contributed by atoms with Crippen molar-refractivity contribution in [1.82, 2.24) is 14.5 Å². The van der Waals surface area contributed by atoms with Crippen LogP contribution in [-0.4, -0.2) is 62.3 Å². The van der Waals surface area contributed by atoms with Crippen molar-refractivity contribution >= 4 is 15.9 Å². The van der Waals surface area contributed by atoms with E-state index >= 15 is 0 Å². The second-order valence-corrected chi connectivity index (χ2v) is 9.34. The summed E-state index contributed by atoms with van der Waals surface area (Å²) in [5.41, 5.74) is 4.92. The molecular formula is C20H33N3O3S. The molecule has 0 aliphatic carbocycles. The normalized spacial score (nSPS) is 17.7. The van der Waals surface area contributed by atoms with Gasteiger partial charge in [-0.3, -0.25) is 9.69 Å². The minimum absolute atomic E-state index is 0.00900. The summed E-state index contributed by atoms with van der Waals surface area (Å²) in [6.07, 6.45) is 0. The average Bonchev–Trinajstić information content (AvgIpc) is 2.64. The molecule has 0 bridgehead atoms. The van der Waals surface area contributed by atoms with Crippen molar-refractivity contribution in [3.05, 3.63) is 27.8 Å². The van der Waals surface area contributed by atoms with Crippen molar-refractivity contribution in [2.75, 3.05) is 32.7 Å². The van der Waals surface area contributed by atoms with Crippen LogP contribution in [0.4, 0.5) is 0 Å². The minimum atomic E-state index is -3.56. The number of hydrogen-bond acceptors (Lipinski definition) is 4. The molecule has 1 saturated heterocycles. The van der Waals surface area contributed by atoms with Gasteiger partial charge in [0.2, 0.25) is 15.9 Å². The predicted molar refractivity (Wildman–Crippen MR) is 109 cm³/mol. The highest BCUT2D eigenvalue weighted by Crippen LogP contribution is 2.32. The second-order valence-electron chi connectivity index (χ2n) is 7.46. The summed E-state index contributed by atoms with van der Waals surface area (Å²) in [7, 11) is -3.56. The highest BCUT2D eigenvalue weighted by atomic mass is 32.2. The zero-order chi connectivity index (χ0) is 20.5. The summed E-state index contributed by atoms with van der Waals surface area (Å²) in [5, 5.41) is 2.83. The first-order chi connectivity index (χ1) is 12.5. The van der Waals surface area contributed by atoms with Gasteiger partial charge >= 0.3 is 0 Å². The molecule has 0 radical (unpaired) electrons. The summed E-state index contributed by atoms with van der Waals surface area (Å²) >= 11 is 0. The second kappa shape index (κ2) is 8.29.